The van der Waals surface area contributed by atoms with Gasteiger partial charge < -0.3 is 20.9 Å². The SMILES string of the molecule is CCNC(=NCc1ccc(N2CCCC2=O)cc1)NCCC(=O)Nc1ccc(C)cn1.I. The van der Waals surface area contributed by atoms with E-state index >= 15 is 0 Å². The van der Waals surface area contributed by atoms with Crippen LogP contribution in [0.5, 0.6) is 0 Å². The zero-order chi connectivity index (χ0) is 22.1. The van der Waals surface area contributed by atoms with Crippen LogP contribution in [0.1, 0.15) is 37.3 Å². The standard InChI is InChI=1S/C23H30N6O2.HI/c1-3-24-23(25-13-12-21(30)28-20-11-6-17(2)15-26-20)27-16-18-7-9-19(10-8-18)29-14-4-5-22(29)31;/h6-11,15H,3-5,12-14,16H2,1-2H3,(H2,24,25,27)(H,26,28,30);1H. The molecule has 2 amide bonds. The van der Waals surface area contributed by atoms with Gasteiger partial charge in [0, 0.05) is 44.4 Å². The molecule has 0 bridgehead atoms. The van der Waals surface area contributed by atoms with Crippen LogP contribution >= 0.6 is 24.0 Å². The maximum absolute atomic E-state index is 12.1. The molecule has 3 rings (SSSR count). The van der Waals surface area contributed by atoms with Gasteiger partial charge in [0.1, 0.15) is 5.82 Å². The maximum atomic E-state index is 12.1. The van der Waals surface area contributed by atoms with E-state index in [-0.39, 0.29) is 35.8 Å². The number of halogens is 1. The molecule has 9 heteroatoms. The van der Waals surface area contributed by atoms with Crippen molar-refractivity contribution in [3.8, 4) is 0 Å². The van der Waals surface area contributed by atoms with Crippen LogP contribution in [-0.2, 0) is 16.1 Å². The maximum Gasteiger partial charge on any atom is 0.227 e. The largest absolute Gasteiger partial charge is 0.357 e. The van der Waals surface area contributed by atoms with E-state index in [0.29, 0.717) is 37.7 Å². The first-order valence-electron chi connectivity index (χ1n) is 10.7. The quantitative estimate of drug-likeness (QED) is 0.267. The van der Waals surface area contributed by atoms with E-state index in [2.05, 4.69) is 25.9 Å². The molecule has 0 unspecified atom stereocenters. The summed E-state index contributed by atoms with van der Waals surface area (Å²) in [5, 5.41) is 9.16. The summed E-state index contributed by atoms with van der Waals surface area (Å²) in [6.45, 7) is 6.42. The molecular formula is C23H31IN6O2. The van der Waals surface area contributed by atoms with Gasteiger partial charge >= 0.3 is 0 Å². The summed E-state index contributed by atoms with van der Waals surface area (Å²) < 4.78 is 0. The fourth-order valence-corrected chi connectivity index (χ4v) is 3.26. The topological polar surface area (TPSA) is 98.7 Å². The molecular weight excluding hydrogens is 519 g/mol. The summed E-state index contributed by atoms with van der Waals surface area (Å²) in [4.78, 5) is 34.6. The highest BCUT2D eigenvalue weighted by Gasteiger charge is 2.21. The molecule has 1 aliphatic heterocycles. The number of aryl methyl sites for hydroxylation is 1. The van der Waals surface area contributed by atoms with Gasteiger partial charge in [0.05, 0.1) is 6.54 Å². The minimum atomic E-state index is -0.105. The monoisotopic (exact) mass is 550 g/mol. The highest BCUT2D eigenvalue weighted by molar-refractivity contribution is 14.0. The van der Waals surface area contributed by atoms with Gasteiger partial charge in [0.25, 0.3) is 0 Å². The number of amides is 2. The Morgan fingerprint density at radius 2 is 1.94 bits per heavy atom. The number of aliphatic imine (C=N–C) groups is 1. The van der Waals surface area contributed by atoms with Gasteiger partial charge in [-0.2, -0.15) is 0 Å². The summed E-state index contributed by atoms with van der Waals surface area (Å²) in [6.07, 6.45) is 3.57. The number of pyridine rings is 1. The second-order valence-corrected chi connectivity index (χ2v) is 7.46. The average molecular weight is 550 g/mol. The number of hydrogen-bond donors (Lipinski definition) is 3. The molecule has 0 aliphatic carbocycles. The minimum absolute atomic E-state index is 0. The highest BCUT2D eigenvalue weighted by atomic mass is 127. The Kier molecular flexibility index (Phi) is 10.4. The lowest BCUT2D eigenvalue weighted by atomic mass is 10.2. The number of nitrogens with one attached hydrogen (secondary N) is 3. The van der Waals surface area contributed by atoms with Crippen molar-refractivity contribution in [2.24, 2.45) is 4.99 Å². The number of carbonyl (C=O) groups is 2. The molecule has 3 N–H and O–H groups in total. The zero-order valence-electron chi connectivity index (χ0n) is 18.6. The highest BCUT2D eigenvalue weighted by Crippen LogP contribution is 2.21. The summed E-state index contributed by atoms with van der Waals surface area (Å²) in [7, 11) is 0. The number of anilines is 2. The van der Waals surface area contributed by atoms with Crippen LogP contribution in [0.4, 0.5) is 11.5 Å². The van der Waals surface area contributed by atoms with Gasteiger partial charge in [0.2, 0.25) is 11.8 Å². The lowest BCUT2D eigenvalue weighted by molar-refractivity contribution is -0.117. The van der Waals surface area contributed by atoms with E-state index in [1.165, 1.54) is 0 Å². The molecule has 1 aromatic carbocycles. The average Bonchev–Trinajstić information content (AvgIpc) is 3.20. The van der Waals surface area contributed by atoms with Crippen LogP contribution in [0.15, 0.2) is 47.6 Å². The van der Waals surface area contributed by atoms with Crippen molar-refractivity contribution < 1.29 is 9.59 Å². The first-order valence-corrected chi connectivity index (χ1v) is 10.7. The molecule has 172 valence electrons. The predicted octanol–water partition coefficient (Wildman–Crippen LogP) is 3.22. The minimum Gasteiger partial charge on any atom is -0.357 e. The number of rotatable bonds is 8. The number of guanidine groups is 1. The van der Waals surface area contributed by atoms with Crippen LogP contribution in [0, 0.1) is 6.92 Å². The molecule has 1 saturated heterocycles. The molecule has 0 atom stereocenters. The Hall–Kier alpha value is -2.69. The van der Waals surface area contributed by atoms with Gasteiger partial charge in [-0.3, -0.25) is 9.59 Å². The van der Waals surface area contributed by atoms with E-state index in [0.717, 1.165) is 36.3 Å². The molecule has 8 nitrogen and oxygen atoms in total. The van der Waals surface area contributed by atoms with E-state index < -0.39 is 0 Å². The van der Waals surface area contributed by atoms with E-state index in [1.54, 1.807) is 12.3 Å². The third-order valence-corrected chi connectivity index (χ3v) is 4.91. The normalized spacial score (nSPS) is 13.5. The van der Waals surface area contributed by atoms with Gasteiger partial charge in [-0.05, 0) is 49.6 Å². The van der Waals surface area contributed by atoms with Gasteiger partial charge in [0.15, 0.2) is 5.96 Å². The van der Waals surface area contributed by atoms with Crippen LogP contribution in [0.2, 0.25) is 0 Å². The molecule has 2 aromatic rings. The first kappa shape index (κ1) is 25.6. The zero-order valence-corrected chi connectivity index (χ0v) is 20.9. The lowest BCUT2D eigenvalue weighted by Gasteiger charge is -2.16. The number of carbonyl (C=O) groups excluding carboxylic acids is 2. The smallest absolute Gasteiger partial charge is 0.227 e. The Balaban J connectivity index is 0.00000363. The Morgan fingerprint density at radius 3 is 2.56 bits per heavy atom. The lowest BCUT2D eigenvalue weighted by Crippen LogP contribution is -2.38. The van der Waals surface area contributed by atoms with Crippen molar-refractivity contribution >= 4 is 53.3 Å². The van der Waals surface area contributed by atoms with Crippen LogP contribution in [0.25, 0.3) is 0 Å². The number of nitrogens with zero attached hydrogens (tertiary/aromatic N) is 3. The molecule has 0 radical (unpaired) electrons. The molecule has 1 fully saturated rings. The fourth-order valence-electron chi connectivity index (χ4n) is 3.26. The molecule has 0 saturated carbocycles. The summed E-state index contributed by atoms with van der Waals surface area (Å²) >= 11 is 0. The van der Waals surface area contributed by atoms with Crippen molar-refractivity contribution in [3.63, 3.8) is 0 Å². The Morgan fingerprint density at radius 1 is 1.16 bits per heavy atom. The molecule has 32 heavy (non-hydrogen) atoms. The number of hydrogen-bond acceptors (Lipinski definition) is 4. The Bertz CT molecular complexity index is 915. The Labute approximate surface area is 206 Å². The van der Waals surface area contributed by atoms with Crippen molar-refractivity contribution in [2.45, 2.75) is 39.7 Å². The van der Waals surface area contributed by atoms with E-state index in [1.807, 2.05) is 49.1 Å². The van der Waals surface area contributed by atoms with Crippen LogP contribution < -0.4 is 20.9 Å². The van der Waals surface area contributed by atoms with Gasteiger partial charge in [-0.25, -0.2) is 9.98 Å². The van der Waals surface area contributed by atoms with E-state index in [4.69, 9.17) is 0 Å². The van der Waals surface area contributed by atoms with Crippen molar-refractivity contribution in [3.05, 3.63) is 53.7 Å². The summed E-state index contributed by atoms with van der Waals surface area (Å²) in [6, 6.07) is 11.6. The summed E-state index contributed by atoms with van der Waals surface area (Å²) in [5.74, 6) is 1.29. The predicted molar refractivity (Wildman–Crippen MR) is 138 cm³/mol. The van der Waals surface area contributed by atoms with Crippen molar-refractivity contribution in [1.82, 2.24) is 15.6 Å². The van der Waals surface area contributed by atoms with Gasteiger partial charge in [-0.15, -0.1) is 24.0 Å². The molecule has 0 spiro atoms. The third kappa shape index (κ3) is 7.77. The van der Waals surface area contributed by atoms with Crippen LogP contribution in [0.3, 0.4) is 0 Å². The second-order valence-electron chi connectivity index (χ2n) is 7.46. The fraction of sp³-hybridized carbons (Fsp3) is 0.391. The van der Waals surface area contributed by atoms with Crippen molar-refractivity contribution in [1.29, 1.82) is 0 Å². The number of aromatic nitrogens is 1. The summed E-state index contributed by atoms with van der Waals surface area (Å²) in [5.41, 5.74) is 3.04. The molecule has 1 aliphatic rings. The first-order chi connectivity index (χ1) is 15.0. The molecule has 1 aromatic heterocycles. The van der Waals surface area contributed by atoms with Gasteiger partial charge in [-0.1, -0.05) is 18.2 Å². The second kappa shape index (κ2) is 13.0. The number of benzene rings is 1. The van der Waals surface area contributed by atoms with Crippen molar-refractivity contribution in [2.75, 3.05) is 29.9 Å². The molecule has 2 heterocycles. The van der Waals surface area contributed by atoms with E-state index in [9.17, 15) is 9.59 Å². The van der Waals surface area contributed by atoms with Crippen LogP contribution in [-0.4, -0.2) is 42.4 Å². The third-order valence-electron chi connectivity index (χ3n) is 4.91.